The fraction of sp³-hybridized carbons (Fsp3) is 0.429. The minimum atomic E-state index is -0.424. The zero-order chi connectivity index (χ0) is 19.6. The monoisotopic (exact) mass is 356 g/mol. The van der Waals surface area contributed by atoms with E-state index in [0.29, 0.717) is 29.1 Å². The van der Waals surface area contributed by atoms with E-state index in [9.17, 15) is 9.59 Å². The van der Waals surface area contributed by atoms with Crippen molar-refractivity contribution in [3.8, 4) is 0 Å². The number of nitrogens with zero attached hydrogens (tertiary/aromatic N) is 1. The van der Waals surface area contributed by atoms with Crippen molar-refractivity contribution in [2.45, 2.75) is 47.2 Å². The van der Waals surface area contributed by atoms with Gasteiger partial charge in [-0.05, 0) is 58.4 Å². The van der Waals surface area contributed by atoms with Crippen LogP contribution < -0.4 is 0 Å². The van der Waals surface area contributed by atoms with Gasteiger partial charge in [-0.25, -0.2) is 4.79 Å². The molecule has 140 valence electrons. The number of nitrogens with one attached hydrogen (secondary N) is 1. The van der Waals surface area contributed by atoms with Crippen molar-refractivity contribution in [1.82, 2.24) is 9.88 Å². The molecule has 0 unspecified atom stereocenters. The number of aromatic amines is 1. The van der Waals surface area contributed by atoms with Crippen LogP contribution in [-0.2, 0) is 11.3 Å². The Labute approximate surface area is 155 Å². The second-order valence-electron chi connectivity index (χ2n) is 7.00. The van der Waals surface area contributed by atoms with E-state index < -0.39 is 5.97 Å². The van der Waals surface area contributed by atoms with E-state index in [0.717, 1.165) is 0 Å². The zero-order valence-electron chi connectivity index (χ0n) is 16.7. The number of hydrogen-bond donors (Lipinski definition) is 1. The second kappa shape index (κ2) is 7.87. The average Bonchev–Trinajstić information content (AvgIpc) is 2.89. The maximum absolute atomic E-state index is 13.0. The summed E-state index contributed by atoms with van der Waals surface area (Å²) in [6, 6.07) is 6.02. The lowest BCUT2D eigenvalue weighted by Gasteiger charge is -2.24. The second-order valence-corrected chi connectivity index (χ2v) is 7.00. The van der Waals surface area contributed by atoms with E-state index in [1.165, 1.54) is 23.8 Å². The Morgan fingerprint density at radius 3 is 2.42 bits per heavy atom. The highest BCUT2D eigenvalue weighted by atomic mass is 16.5. The van der Waals surface area contributed by atoms with E-state index in [1.54, 1.807) is 13.8 Å². The molecule has 1 aromatic carbocycles. The van der Waals surface area contributed by atoms with E-state index in [-0.39, 0.29) is 11.8 Å². The van der Waals surface area contributed by atoms with Crippen LogP contribution in [0.5, 0.6) is 0 Å². The molecule has 0 aliphatic carbocycles. The summed E-state index contributed by atoms with van der Waals surface area (Å²) < 4.78 is 4.82. The number of rotatable bonds is 6. The van der Waals surface area contributed by atoms with Crippen molar-refractivity contribution in [3.63, 3.8) is 0 Å². The number of carbonyl (C=O) groups is 2. The number of ketones is 1. The molecule has 5 heteroatoms. The van der Waals surface area contributed by atoms with Crippen molar-refractivity contribution in [3.05, 3.63) is 57.4 Å². The quantitative estimate of drug-likeness (QED) is 0.633. The maximum Gasteiger partial charge on any atom is 0.339 e. The molecule has 1 N–H and O–H groups in total. The van der Waals surface area contributed by atoms with E-state index in [2.05, 4.69) is 37.0 Å². The molecule has 2 rings (SSSR count). The SMILES string of the molecule is COC(=O)c1c(C)[nH]c(C(=O)[C@H](C)N(C)Cc2ccc(C)cc2C)c1C. The molecule has 1 atom stereocenters. The lowest BCUT2D eigenvalue weighted by atomic mass is 10.0. The first-order valence-electron chi connectivity index (χ1n) is 8.75. The van der Waals surface area contributed by atoms with Crippen molar-refractivity contribution >= 4 is 11.8 Å². The average molecular weight is 356 g/mol. The summed E-state index contributed by atoms with van der Waals surface area (Å²) in [7, 11) is 3.28. The Morgan fingerprint density at radius 1 is 1.19 bits per heavy atom. The molecule has 0 radical (unpaired) electrons. The molecular weight excluding hydrogens is 328 g/mol. The van der Waals surface area contributed by atoms with Crippen LogP contribution in [0.25, 0.3) is 0 Å². The Morgan fingerprint density at radius 2 is 1.85 bits per heavy atom. The number of likely N-dealkylation sites (N-methyl/N-ethyl adjacent to an activating group) is 1. The fourth-order valence-electron chi connectivity index (χ4n) is 3.24. The first kappa shape index (κ1) is 19.9. The highest BCUT2D eigenvalue weighted by Gasteiger charge is 2.27. The van der Waals surface area contributed by atoms with Gasteiger partial charge in [0.05, 0.1) is 24.4 Å². The number of carbonyl (C=O) groups excluding carboxylic acids is 2. The molecule has 1 heterocycles. The van der Waals surface area contributed by atoms with Crippen LogP contribution in [-0.4, -0.2) is 41.8 Å². The molecule has 0 aliphatic heterocycles. The maximum atomic E-state index is 13.0. The van der Waals surface area contributed by atoms with Crippen LogP contribution in [0, 0.1) is 27.7 Å². The molecule has 0 aliphatic rings. The van der Waals surface area contributed by atoms with Gasteiger partial charge in [0.15, 0.2) is 5.78 Å². The molecular formula is C21H28N2O3. The lowest BCUT2D eigenvalue weighted by Crippen LogP contribution is -2.36. The van der Waals surface area contributed by atoms with Gasteiger partial charge in [0.2, 0.25) is 0 Å². The summed E-state index contributed by atoms with van der Waals surface area (Å²) in [5.74, 6) is -0.459. The van der Waals surface area contributed by atoms with Crippen LogP contribution in [0.1, 0.15) is 55.7 Å². The number of benzene rings is 1. The van der Waals surface area contributed by atoms with Gasteiger partial charge >= 0.3 is 5.97 Å². The van der Waals surface area contributed by atoms with Crippen molar-refractivity contribution in [1.29, 1.82) is 0 Å². The normalized spacial score (nSPS) is 12.3. The van der Waals surface area contributed by atoms with Gasteiger partial charge in [-0.2, -0.15) is 0 Å². The Hall–Kier alpha value is -2.40. The van der Waals surface area contributed by atoms with Gasteiger partial charge in [-0.1, -0.05) is 23.8 Å². The number of hydrogen-bond acceptors (Lipinski definition) is 4. The molecule has 0 saturated heterocycles. The topological polar surface area (TPSA) is 62.4 Å². The molecule has 0 saturated carbocycles. The molecule has 5 nitrogen and oxygen atoms in total. The largest absolute Gasteiger partial charge is 0.465 e. The highest BCUT2D eigenvalue weighted by molar-refractivity contribution is 6.03. The molecule has 0 fully saturated rings. The summed E-state index contributed by atoms with van der Waals surface area (Å²) in [6.07, 6.45) is 0. The summed E-state index contributed by atoms with van der Waals surface area (Å²) in [6.45, 7) is 10.3. The van der Waals surface area contributed by atoms with Crippen molar-refractivity contribution < 1.29 is 14.3 Å². The van der Waals surface area contributed by atoms with Crippen molar-refractivity contribution in [2.75, 3.05) is 14.2 Å². The van der Waals surface area contributed by atoms with Crippen LogP contribution in [0.4, 0.5) is 0 Å². The first-order valence-corrected chi connectivity index (χ1v) is 8.75. The Balaban J connectivity index is 2.22. The number of aromatic nitrogens is 1. The fourth-order valence-corrected chi connectivity index (χ4v) is 3.24. The van der Waals surface area contributed by atoms with Crippen LogP contribution in [0.2, 0.25) is 0 Å². The first-order chi connectivity index (χ1) is 12.2. The summed E-state index contributed by atoms with van der Waals surface area (Å²) >= 11 is 0. The third-order valence-electron chi connectivity index (χ3n) is 5.03. The zero-order valence-corrected chi connectivity index (χ0v) is 16.7. The Bertz CT molecular complexity index is 836. The van der Waals surface area contributed by atoms with E-state index >= 15 is 0 Å². The summed E-state index contributed by atoms with van der Waals surface area (Å²) in [5, 5.41) is 0. The van der Waals surface area contributed by atoms with Crippen LogP contribution in [0.15, 0.2) is 18.2 Å². The molecule has 1 aromatic heterocycles. The molecule has 2 aromatic rings. The van der Waals surface area contributed by atoms with Crippen LogP contribution >= 0.6 is 0 Å². The predicted molar refractivity (Wildman–Crippen MR) is 103 cm³/mol. The number of aryl methyl sites for hydroxylation is 3. The number of methoxy groups -OCH3 is 1. The number of ether oxygens (including phenoxy) is 1. The standard InChI is InChI=1S/C21H28N2O3/c1-12-8-9-17(13(2)10-12)11-23(6)16(5)20(24)19-14(3)18(15(4)22-19)21(25)26-7/h8-10,16,22H,11H2,1-7H3/t16-/m0/s1. The predicted octanol–water partition coefficient (Wildman–Crippen LogP) is 3.74. The molecule has 0 bridgehead atoms. The lowest BCUT2D eigenvalue weighted by molar-refractivity contribution is 0.0599. The molecule has 0 amide bonds. The van der Waals surface area contributed by atoms with Gasteiger partial charge in [0.1, 0.15) is 0 Å². The molecule has 26 heavy (non-hydrogen) atoms. The minimum absolute atomic E-state index is 0.0342. The van der Waals surface area contributed by atoms with E-state index in [1.807, 2.05) is 18.9 Å². The van der Waals surface area contributed by atoms with Crippen molar-refractivity contribution in [2.24, 2.45) is 0 Å². The van der Waals surface area contributed by atoms with Gasteiger partial charge in [-0.3, -0.25) is 9.69 Å². The van der Waals surface area contributed by atoms with Gasteiger partial charge in [0, 0.05) is 12.2 Å². The number of H-pyrrole nitrogens is 1. The number of esters is 1. The third-order valence-corrected chi connectivity index (χ3v) is 5.03. The van der Waals surface area contributed by atoms with Crippen LogP contribution in [0.3, 0.4) is 0 Å². The minimum Gasteiger partial charge on any atom is -0.465 e. The summed E-state index contributed by atoms with van der Waals surface area (Å²) in [4.78, 5) is 30.0. The third kappa shape index (κ3) is 3.88. The smallest absolute Gasteiger partial charge is 0.339 e. The highest BCUT2D eigenvalue weighted by Crippen LogP contribution is 2.22. The number of Topliss-reactive ketones (excluding diaryl/α,β-unsaturated/α-hetero) is 1. The Kier molecular flexibility index (Phi) is 6.03. The van der Waals surface area contributed by atoms with Gasteiger partial charge in [-0.15, -0.1) is 0 Å². The van der Waals surface area contributed by atoms with Gasteiger partial charge < -0.3 is 9.72 Å². The summed E-state index contributed by atoms with van der Waals surface area (Å²) in [5.41, 5.74) is 5.87. The molecule has 0 spiro atoms. The van der Waals surface area contributed by atoms with Gasteiger partial charge in [0.25, 0.3) is 0 Å². The van der Waals surface area contributed by atoms with E-state index in [4.69, 9.17) is 4.74 Å².